The van der Waals surface area contributed by atoms with Gasteiger partial charge in [-0.2, -0.15) is 0 Å². The van der Waals surface area contributed by atoms with Gasteiger partial charge in [0.15, 0.2) is 20.6 Å². The van der Waals surface area contributed by atoms with Gasteiger partial charge in [-0.3, -0.25) is 35.1 Å². The standard InChI is InChI=1S/C9H7N3O7/c13-8(7-4-2-1-3-5-7)6-9(10(14)15,11(16)17)12(18)19/h1-5H,6H2. The Bertz CT molecular complexity index is 506. The molecular weight excluding hydrogens is 262 g/mol. The minimum Gasteiger partial charge on any atom is -0.293 e. The Labute approximate surface area is 105 Å². The zero-order valence-corrected chi connectivity index (χ0v) is 9.29. The van der Waals surface area contributed by atoms with E-state index in [1.54, 1.807) is 6.07 Å². The molecule has 10 heteroatoms. The molecule has 1 aromatic rings. The van der Waals surface area contributed by atoms with Gasteiger partial charge in [0.1, 0.15) is 0 Å². The molecule has 0 saturated heterocycles. The first-order chi connectivity index (χ1) is 8.82. The van der Waals surface area contributed by atoms with Gasteiger partial charge in [-0.1, -0.05) is 30.3 Å². The van der Waals surface area contributed by atoms with Crippen LogP contribution in [0.1, 0.15) is 16.8 Å². The molecule has 0 spiro atoms. The van der Waals surface area contributed by atoms with Crippen molar-refractivity contribution in [2.75, 3.05) is 0 Å². The Hall–Kier alpha value is -2.91. The number of hydrogen-bond donors (Lipinski definition) is 0. The lowest BCUT2D eigenvalue weighted by Gasteiger charge is -2.08. The Balaban J connectivity index is 3.16. The van der Waals surface area contributed by atoms with E-state index in [1.165, 1.54) is 24.3 Å². The minimum absolute atomic E-state index is 0.0718. The maximum atomic E-state index is 11.7. The number of nitro groups is 3. The van der Waals surface area contributed by atoms with Gasteiger partial charge in [-0.15, -0.1) is 0 Å². The predicted octanol–water partition coefficient (Wildman–Crippen LogP) is 0.743. The van der Waals surface area contributed by atoms with E-state index in [-0.39, 0.29) is 5.56 Å². The number of nitrogens with zero attached hydrogens (tertiary/aromatic N) is 3. The second-order valence-electron chi connectivity index (χ2n) is 3.51. The van der Waals surface area contributed by atoms with Gasteiger partial charge in [0.2, 0.25) is 6.42 Å². The molecule has 19 heavy (non-hydrogen) atoms. The molecule has 0 radical (unpaired) electrons. The molecule has 0 aliphatic heterocycles. The van der Waals surface area contributed by atoms with Crippen molar-refractivity contribution in [3.63, 3.8) is 0 Å². The third-order valence-electron chi connectivity index (χ3n) is 2.37. The molecule has 0 unspecified atom stereocenters. The fraction of sp³-hybridized carbons (Fsp3) is 0.222. The molecule has 0 aliphatic rings. The highest BCUT2D eigenvalue weighted by atomic mass is 16.7. The SMILES string of the molecule is O=C(CC([N+](=O)[O-])([N+](=O)[O-])[N+](=O)[O-])c1ccccc1. The van der Waals surface area contributed by atoms with E-state index in [4.69, 9.17) is 0 Å². The van der Waals surface area contributed by atoms with Gasteiger partial charge in [0.05, 0.1) is 0 Å². The Morgan fingerprint density at radius 3 is 1.74 bits per heavy atom. The summed E-state index contributed by atoms with van der Waals surface area (Å²) in [7, 11) is 0. The molecule has 0 aliphatic carbocycles. The zero-order chi connectivity index (χ0) is 14.6. The number of hydrogen-bond acceptors (Lipinski definition) is 7. The number of carbonyl (C=O) groups excluding carboxylic acids is 1. The number of ketones is 1. The quantitative estimate of drug-likeness (QED) is 0.320. The first-order valence-electron chi connectivity index (χ1n) is 4.84. The van der Waals surface area contributed by atoms with Gasteiger partial charge in [0.25, 0.3) is 0 Å². The van der Waals surface area contributed by atoms with Crippen LogP contribution in [-0.4, -0.2) is 26.3 Å². The van der Waals surface area contributed by atoms with Gasteiger partial charge in [0, 0.05) is 5.56 Å². The molecule has 1 aromatic carbocycles. The Morgan fingerprint density at radius 1 is 0.947 bits per heavy atom. The summed E-state index contributed by atoms with van der Waals surface area (Å²) in [5.74, 6) is -4.81. The van der Waals surface area contributed by atoms with Crippen LogP contribution in [0.2, 0.25) is 0 Å². The van der Waals surface area contributed by atoms with Crippen molar-refractivity contribution >= 4 is 5.78 Å². The van der Waals surface area contributed by atoms with Crippen molar-refractivity contribution in [3.05, 3.63) is 66.2 Å². The van der Waals surface area contributed by atoms with Crippen LogP contribution in [0.3, 0.4) is 0 Å². The van der Waals surface area contributed by atoms with E-state index in [1.807, 2.05) is 0 Å². The van der Waals surface area contributed by atoms with Crippen molar-refractivity contribution < 1.29 is 19.6 Å². The van der Waals surface area contributed by atoms with Crippen LogP contribution in [0.4, 0.5) is 0 Å². The summed E-state index contributed by atoms with van der Waals surface area (Å²) in [5.41, 5.74) is -0.0718. The van der Waals surface area contributed by atoms with Gasteiger partial charge >= 0.3 is 5.79 Å². The summed E-state index contributed by atoms with van der Waals surface area (Å²) in [6.07, 6.45) is -1.45. The van der Waals surface area contributed by atoms with Crippen LogP contribution in [0.15, 0.2) is 30.3 Å². The van der Waals surface area contributed by atoms with E-state index < -0.39 is 32.8 Å². The van der Waals surface area contributed by atoms with Crippen LogP contribution in [0, 0.1) is 30.3 Å². The Morgan fingerprint density at radius 2 is 1.37 bits per heavy atom. The fourth-order valence-electron chi connectivity index (χ4n) is 1.34. The van der Waals surface area contributed by atoms with Gasteiger partial charge in [-0.25, -0.2) is 0 Å². The summed E-state index contributed by atoms with van der Waals surface area (Å²) in [6, 6.07) is 6.93. The van der Waals surface area contributed by atoms with Gasteiger partial charge < -0.3 is 0 Å². The molecule has 0 atom stereocenters. The molecule has 0 heterocycles. The summed E-state index contributed by atoms with van der Waals surface area (Å²) in [4.78, 5) is 38.6. The average molecular weight is 269 g/mol. The summed E-state index contributed by atoms with van der Waals surface area (Å²) in [6.45, 7) is 0. The maximum absolute atomic E-state index is 11.7. The minimum atomic E-state index is -3.76. The fourth-order valence-corrected chi connectivity index (χ4v) is 1.34. The lowest BCUT2D eigenvalue weighted by Crippen LogP contribution is -2.54. The highest BCUT2D eigenvalue weighted by Gasteiger charge is 2.71. The first-order valence-corrected chi connectivity index (χ1v) is 4.84. The van der Waals surface area contributed by atoms with Crippen molar-refractivity contribution in [3.8, 4) is 0 Å². The van der Waals surface area contributed by atoms with Crippen molar-refractivity contribution in [2.45, 2.75) is 12.2 Å². The predicted molar refractivity (Wildman–Crippen MR) is 59.1 cm³/mol. The zero-order valence-electron chi connectivity index (χ0n) is 9.29. The lowest BCUT2D eigenvalue weighted by molar-refractivity contribution is -0.968. The molecule has 0 saturated carbocycles. The lowest BCUT2D eigenvalue weighted by atomic mass is 10.1. The summed E-state index contributed by atoms with van der Waals surface area (Å²) in [5, 5.41) is 31.9. The third kappa shape index (κ3) is 2.51. The van der Waals surface area contributed by atoms with E-state index in [9.17, 15) is 35.1 Å². The second kappa shape index (κ2) is 5.16. The monoisotopic (exact) mass is 269 g/mol. The molecule has 100 valence electrons. The summed E-state index contributed by atoms with van der Waals surface area (Å²) >= 11 is 0. The Kier molecular flexibility index (Phi) is 3.85. The molecule has 0 amide bonds. The molecule has 10 nitrogen and oxygen atoms in total. The van der Waals surface area contributed by atoms with E-state index in [2.05, 4.69) is 0 Å². The molecule has 0 bridgehead atoms. The molecule has 0 N–H and O–H groups in total. The van der Waals surface area contributed by atoms with Crippen LogP contribution in [0.5, 0.6) is 0 Å². The highest BCUT2D eigenvalue weighted by Crippen LogP contribution is 2.20. The molecular formula is C9H7N3O7. The number of rotatable bonds is 6. The largest absolute Gasteiger partial charge is 0.707 e. The van der Waals surface area contributed by atoms with E-state index in [0.717, 1.165) is 0 Å². The van der Waals surface area contributed by atoms with Crippen LogP contribution in [-0.2, 0) is 0 Å². The smallest absolute Gasteiger partial charge is 0.293 e. The van der Waals surface area contributed by atoms with Crippen molar-refractivity contribution in [1.82, 2.24) is 0 Å². The van der Waals surface area contributed by atoms with Crippen LogP contribution < -0.4 is 0 Å². The number of carbonyl (C=O) groups is 1. The highest BCUT2D eigenvalue weighted by molar-refractivity contribution is 5.96. The van der Waals surface area contributed by atoms with Crippen molar-refractivity contribution in [1.29, 1.82) is 0 Å². The normalized spacial score (nSPS) is 10.7. The first kappa shape index (κ1) is 14.2. The van der Waals surface area contributed by atoms with Crippen LogP contribution >= 0.6 is 0 Å². The maximum Gasteiger partial charge on any atom is 0.707 e. The van der Waals surface area contributed by atoms with Gasteiger partial charge in [-0.05, 0) is 0 Å². The second-order valence-corrected chi connectivity index (χ2v) is 3.51. The molecule has 0 aromatic heterocycles. The average Bonchev–Trinajstić information content (AvgIpc) is 2.35. The molecule has 1 rings (SSSR count). The van der Waals surface area contributed by atoms with Crippen molar-refractivity contribution in [2.24, 2.45) is 0 Å². The number of benzene rings is 1. The topological polar surface area (TPSA) is 146 Å². The van der Waals surface area contributed by atoms with E-state index in [0.29, 0.717) is 0 Å². The summed E-state index contributed by atoms with van der Waals surface area (Å²) < 4.78 is 0. The third-order valence-corrected chi connectivity index (χ3v) is 2.37. The number of Topliss-reactive ketones (excluding diaryl/α,β-unsaturated/α-hetero) is 1. The molecule has 0 fully saturated rings. The van der Waals surface area contributed by atoms with E-state index >= 15 is 0 Å². The van der Waals surface area contributed by atoms with Crippen LogP contribution in [0.25, 0.3) is 0 Å².